The first-order chi connectivity index (χ1) is 14.6. The van der Waals surface area contributed by atoms with E-state index in [9.17, 15) is 10.2 Å². The Hall–Kier alpha value is -0.340. The zero-order valence-electron chi connectivity index (χ0n) is 21.2. The second-order valence-corrected chi connectivity index (χ2v) is 13.0. The number of hydrogen-bond donors (Lipinski definition) is 2. The van der Waals surface area contributed by atoms with E-state index in [4.69, 9.17) is 0 Å². The molecular weight excluding hydrogens is 380 g/mol. The standard InChI is InChI=1S/C29H50O2/c1-7-20(18(2)3)9-8-19(4)23-10-11-24-27-25(13-15-29(23,24)6)28(5)14-12-22(30)16-21(28)17-26(27)31/h17-20,22-27,30-31H,7-16H2,1-6H3/t19?,20?,22?,23?,24?,25?,26?,27?,28-,29+/m0/s1. The summed E-state index contributed by atoms with van der Waals surface area (Å²) < 4.78 is 0. The van der Waals surface area contributed by atoms with E-state index in [0.29, 0.717) is 23.2 Å². The Labute approximate surface area is 192 Å². The van der Waals surface area contributed by atoms with Crippen molar-refractivity contribution in [1.29, 1.82) is 0 Å². The van der Waals surface area contributed by atoms with E-state index < -0.39 is 0 Å². The summed E-state index contributed by atoms with van der Waals surface area (Å²) in [5.74, 6) is 4.99. The molecule has 3 fully saturated rings. The van der Waals surface area contributed by atoms with Gasteiger partial charge in [0.2, 0.25) is 0 Å². The van der Waals surface area contributed by atoms with Crippen molar-refractivity contribution in [3.63, 3.8) is 0 Å². The van der Waals surface area contributed by atoms with Crippen molar-refractivity contribution < 1.29 is 10.2 Å². The van der Waals surface area contributed by atoms with Gasteiger partial charge in [0.05, 0.1) is 12.2 Å². The number of aliphatic hydroxyl groups is 2. The largest absolute Gasteiger partial charge is 0.393 e. The second kappa shape index (κ2) is 8.79. The smallest absolute Gasteiger partial charge is 0.0757 e. The van der Waals surface area contributed by atoms with Crippen LogP contribution < -0.4 is 0 Å². The Morgan fingerprint density at radius 2 is 1.71 bits per heavy atom. The average molecular weight is 431 g/mol. The molecule has 3 saturated carbocycles. The molecule has 31 heavy (non-hydrogen) atoms. The molecule has 0 aliphatic heterocycles. The first kappa shape index (κ1) is 23.8. The van der Waals surface area contributed by atoms with Crippen molar-refractivity contribution in [2.45, 2.75) is 118 Å². The maximum atomic E-state index is 11.3. The fourth-order valence-corrected chi connectivity index (χ4v) is 9.29. The van der Waals surface area contributed by atoms with Crippen LogP contribution >= 0.6 is 0 Å². The Balaban J connectivity index is 1.52. The van der Waals surface area contributed by atoms with E-state index in [0.717, 1.165) is 42.9 Å². The molecule has 0 bridgehead atoms. The van der Waals surface area contributed by atoms with Crippen molar-refractivity contribution in [2.24, 2.45) is 52.3 Å². The quantitative estimate of drug-likeness (QED) is 0.446. The molecule has 0 radical (unpaired) electrons. The molecule has 10 atom stereocenters. The molecule has 8 unspecified atom stereocenters. The van der Waals surface area contributed by atoms with E-state index in [1.54, 1.807) is 0 Å². The lowest BCUT2D eigenvalue weighted by atomic mass is 9.46. The third-order valence-electron chi connectivity index (χ3n) is 11.3. The van der Waals surface area contributed by atoms with Gasteiger partial charge in [0, 0.05) is 0 Å². The highest BCUT2D eigenvalue weighted by molar-refractivity contribution is 5.27. The van der Waals surface area contributed by atoms with Crippen LogP contribution in [0.15, 0.2) is 11.6 Å². The zero-order chi connectivity index (χ0) is 22.6. The first-order valence-corrected chi connectivity index (χ1v) is 13.7. The average Bonchev–Trinajstić information content (AvgIpc) is 3.06. The van der Waals surface area contributed by atoms with Gasteiger partial charge in [-0.2, -0.15) is 0 Å². The summed E-state index contributed by atoms with van der Waals surface area (Å²) in [4.78, 5) is 0. The van der Waals surface area contributed by atoms with Gasteiger partial charge in [-0.1, -0.05) is 66.0 Å². The van der Waals surface area contributed by atoms with Crippen LogP contribution in [0.1, 0.15) is 106 Å². The summed E-state index contributed by atoms with van der Waals surface area (Å²) in [5, 5.41) is 21.6. The van der Waals surface area contributed by atoms with Crippen molar-refractivity contribution in [3.8, 4) is 0 Å². The molecule has 2 N–H and O–H groups in total. The van der Waals surface area contributed by atoms with E-state index >= 15 is 0 Å². The van der Waals surface area contributed by atoms with Crippen LogP contribution in [0.4, 0.5) is 0 Å². The van der Waals surface area contributed by atoms with Gasteiger partial charge < -0.3 is 10.2 Å². The van der Waals surface area contributed by atoms with Gasteiger partial charge in [-0.15, -0.1) is 0 Å². The molecule has 0 aromatic heterocycles. The molecule has 2 heteroatoms. The Morgan fingerprint density at radius 1 is 0.968 bits per heavy atom. The summed E-state index contributed by atoms with van der Waals surface area (Å²) in [5.41, 5.74) is 1.97. The summed E-state index contributed by atoms with van der Waals surface area (Å²) >= 11 is 0. The van der Waals surface area contributed by atoms with E-state index in [1.807, 2.05) is 0 Å². The SMILES string of the molecule is CCC(CCC(C)C1CCC2C3C(O)C=C4CC(O)CC[C@]4(C)C3CC[C@]12C)C(C)C. The van der Waals surface area contributed by atoms with Gasteiger partial charge in [-0.05, 0) is 104 Å². The fraction of sp³-hybridized carbons (Fsp3) is 0.931. The van der Waals surface area contributed by atoms with Gasteiger partial charge in [-0.25, -0.2) is 0 Å². The molecule has 0 aromatic rings. The minimum atomic E-state index is -0.303. The minimum Gasteiger partial charge on any atom is -0.393 e. The van der Waals surface area contributed by atoms with Gasteiger partial charge in [0.25, 0.3) is 0 Å². The van der Waals surface area contributed by atoms with Crippen LogP contribution in [0.5, 0.6) is 0 Å². The van der Waals surface area contributed by atoms with Gasteiger partial charge >= 0.3 is 0 Å². The van der Waals surface area contributed by atoms with Gasteiger partial charge in [-0.3, -0.25) is 0 Å². The molecule has 178 valence electrons. The summed E-state index contributed by atoms with van der Waals surface area (Å²) in [6, 6.07) is 0. The third kappa shape index (κ3) is 3.96. The topological polar surface area (TPSA) is 40.5 Å². The van der Waals surface area contributed by atoms with Gasteiger partial charge in [0.15, 0.2) is 0 Å². The number of rotatable bonds is 6. The Bertz CT molecular complexity index is 668. The molecule has 4 rings (SSSR count). The fourth-order valence-electron chi connectivity index (χ4n) is 9.29. The van der Waals surface area contributed by atoms with E-state index in [-0.39, 0.29) is 17.6 Å². The Morgan fingerprint density at radius 3 is 2.39 bits per heavy atom. The van der Waals surface area contributed by atoms with Crippen LogP contribution in [-0.2, 0) is 0 Å². The molecule has 0 spiro atoms. The molecule has 0 aromatic carbocycles. The number of aliphatic hydroxyl groups excluding tert-OH is 2. The summed E-state index contributed by atoms with van der Waals surface area (Å²) in [7, 11) is 0. The van der Waals surface area contributed by atoms with Crippen LogP contribution in [0.2, 0.25) is 0 Å². The molecule has 2 nitrogen and oxygen atoms in total. The second-order valence-electron chi connectivity index (χ2n) is 13.0. The molecule has 0 heterocycles. The zero-order valence-corrected chi connectivity index (χ0v) is 21.2. The van der Waals surface area contributed by atoms with Crippen molar-refractivity contribution in [3.05, 3.63) is 11.6 Å². The monoisotopic (exact) mass is 430 g/mol. The van der Waals surface area contributed by atoms with Crippen LogP contribution in [-0.4, -0.2) is 22.4 Å². The lowest BCUT2D eigenvalue weighted by Crippen LogP contribution is -2.54. The minimum absolute atomic E-state index is 0.202. The van der Waals surface area contributed by atoms with Crippen molar-refractivity contribution in [1.82, 2.24) is 0 Å². The normalized spacial score (nSPS) is 46.7. The highest BCUT2D eigenvalue weighted by Gasteiger charge is 2.61. The summed E-state index contributed by atoms with van der Waals surface area (Å²) in [6.45, 7) is 14.7. The lowest BCUT2D eigenvalue weighted by molar-refractivity contribution is -0.0972. The molecular formula is C29H50O2. The number of fused-ring (bicyclic) bond motifs is 5. The predicted molar refractivity (Wildman–Crippen MR) is 130 cm³/mol. The van der Waals surface area contributed by atoms with E-state index in [2.05, 4.69) is 47.6 Å². The van der Waals surface area contributed by atoms with Crippen LogP contribution in [0.3, 0.4) is 0 Å². The third-order valence-corrected chi connectivity index (χ3v) is 11.3. The lowest BCUT2D eigenvalue weighted by Gasteiger charge is -2.59. The van der Waals surface area contributed by atoms with Crippen LogP contribution in [0.25, 0.3) is 0 Å². The van der Waals surface area contributed by atoms with Crippen LogP contribution in [0, 0.1) is 52.3 Å². The molecule has 4 aliphatic rings. The first-order valence-electron chi connectivity index (χ1n) is 13.7. The van der Waals surface area contributed by atoms with Crippen molar-refractivity contribution in [2.75, 3.05) is 0 Å². The van der Waals surface area contributed by atoms with E-state index in [1.165, 1.54) is 50.5 Å². The Kier molecular flexibility index (Phi) is 6.75. The molecule has 4 aliphatic carbocycles. The molecule has 0 amide bonds. The summed E-state index contributed by atoms with van der Waals surface area (Å²) in [6.07, 6.45) is 13.9. The maximum absolute atomic E-state index is 11.3. The molecule has 0 saturated heterocycles. The predicted octanol–water partition coefficient (Wildman–Crippen LogP) is 7.00. The highest BCUT2D eigenvalue weighted by atomic mass is 16.3. The van der Waals surface area contributed by atoms with Gasteiger partial charge in [0.1, 0.15) is 0 Å². The maximum Gasteiger partial charge on any atom is 0.0757 e. The highest BCUT2D eigenvalue weighted by Crippen LogP contribution is 2.67. The number of hydrogen-bond acceptors (Lipinski definition) is 2. The van der Waals surface area contributed by atoms with Crippen molar-refractivity contribution >= 4 is 0 Å².